The van der Waals surface area contributed by atoms with E-state index >= 15 is 0 Å². The summed E-state index contributed by atoms with van der Waals surface area (Å²) in [5, 5.41) is 3.87. The smallest absolute Gasteiger partial charge is 0.317 e. The minimum atomic E-state index is 0.0636. The van der Waals surface area contributed by atoms with Gasteiger partial charge in [0.25, 0.3) is 0 Å². The second-order valence-corrected chi connectivity index (χ2v) is 5.38. The van der Waals surface area contributed by atoms with Crippen molar-refractivity contribution in [3.8, 4) is 0 Å². The number of nitrogens with one attached hydrogen (secondary N) is 1. The molecule has 2 amide bonds. The molecule has 0 aromatic heterocycles. The van der Waals surface area contributed by atoms with Gasteiger partial charge in [0.2, 0.25) is 0 Å². The Morgan fingerprint density at radius 2 is 1.84 bits per heavy atom. The Hall–Kier alpha value is -1.23. The van der Waals surface area contributed by atoms with E-state index in [-0.39, 0.29) is 6.03 Å². The minimum absolute atomic E-state index is 0.0636. The molecule has 0 bridgehead atoms. The zero-order valence-electron chi connectivity index (χ0n) is 11.0. The van der Waals surface area contributed by atoms with Gasteiger partial charge in [0.15, 0.2) is 0 Å². The first-order chi connectivity index (χ1) is 9.31. The fraction of sp³-hybridized carbons (Fsp3) is 0.500. The molecule has 4 nitrogen and oxygen atoms in total. The third kappa shape index (κ3) is 4.13. The molecule has 0 saturated carbocycles. The zero-order chi connectivity index (χ0) is 13.5. The second kappa shape index (κ2) is 7.38. The summed E-state index contributed by atoms with van der Waals surface area (Å²) in [7, 11) is 0. The van der Waals surface area contributed by atoms with Crippen LogP contribution < -0.4 is 10.2 Å². The van der Waals surface area contributed by atoms with Crippen LogP contribution in [0.2, 0.25) is 0 Å². The topological polar surface area (TPSA) is 35.6 Å². The number of urea groups is 1. The van der Waals surface area contributed by atoms with Crippen LogP contribution in [-0.4, -0.2) is 49.0 Å². The highest BCUT2D eigenvalue weighted by Gasteiger charge is 2.20. The van der Waals surface area contributed by atoms with Crippen molar-refractivity contribution < 1.29 is 4.79 Å². The van der Waals surface area contributed by atoms with E-state index in [4.69, 9.17) is 0 Å². The first kappa shape index (κ1) is 14.2. The summed E-state index contributed by atoms with van der Waals surface area (Å²) in [6.07, 6.45) is 0.968. The fourth-order valence-electron chi connectivity index (χ4n) is 2.18. The van der Waals surface area contributed by atoms with Crippen molar-refractivity contribution in [3.63, 3.8) is 0 Å². The van der Waals surface area contributed by atoms with E-state index in [2.05, 4.69) is 50.4 Å². The van der Waals surface area contributed by atoms with Gasteiger partial charge in [-0.15, -0.1) is 0 Å². The summed E-state index contributed by atoms with van der Waals surface area (Å²) in [6, 6.07) is 10.4. The molecule has 19 heavy (non-hydrogen) atoms. The Balaban J connectivity index is 1.77. The van der Waals surface area contributed by atoms with Crippen molar-refractivity contribution in [2.75, 3.05) is 43.0 Å². The van der Waals surface area contributed by atoms with Gasteiger partial charge in [-0.2, -0.15) is 0 Å². The molecule has 1 aromatic carbocycles. The lowest BCUT2D eigenvalue weighted by Gasteiger charge is -2.36. The van der Waals surface area contributed by atoms with Crippen molar-refractivity contribution in [2.24, 2.45) is 0 Å². The van der Waals surface area contributed by atoms with E-state index in [1.165, 1.54) is 5.69 Å². The molecule has 0 atom stereocenters. The normalized spacial score (nSPS) is 15.4. The Bertz CT molecular complexity index is 391. The van der Waals surface area contributed by atoms with Gasteiger partial charge in [0, 0.05) is 43.7 Å². The van der Waals surface area contributed by atoms with Crippen LogP contribution >= 0.6 is 15.9 Å². The number of hydrogen-bond donors (Lipinski definition) is 1. The first-order valence-electron chi connectivity index (χ1n) is 6.70. The maximum atomic E-state index is 11.9. The van der Waals surface area contributed by atoms with Crippen molar-refractivity contribution in [1.29, 1.82) is 0 Å². The Morgan fingerprint density at radius 1 is 1.16 bits per heavy atom. The quantitative estimate of drug-likeness (QED) is 0.681. The number of piperazine rings is 1. The molecule has 1 heterocycles. The number of benzene rings is 1. The number of hydrogen-bond acceptors (Lipinski definition) is 2. The highest BCUT2D eigenvalue weighted by molar-refractivity contribution is 9.09. The monoisotopic (exact) mass is 325 g/mol. The summed E-state index contributed by atoms with van der Waals surface area (Å²) in [4.78, 5) is 16.1. The highest BCUT2D eigenvalue weighted by atomic mass is 79.9. The van der Waals surface area contributed by atoms with E-state index in [1.54, 1.807) is 0 Å². The number of para-hydroxylation sites is 1. The predicted molar refractivity (Wildman–Crippen MR) is 82.0 cm³/mol. The largest absolute Gasteiger partial charge is 0.368 e. The number of anilines is 1. The maximum absolute atomic E-state index is 11.9. The van der Waals surface area contributed by atoms with Crippen LogP contribution in [0.3, 0.4) is 0 Å². The molecule has 1 aromatic rings. The van der Waals surface area contributed by atoms with E-state index in [9.17, 15) is 4.79 Å². The Kier molecular flexibility index (Phi) is 5.51. The Morgan fingerprint density at radius 3 is 2.47 bits per heavy atom. The zero-order valence-corrected chi connectivity index (χ0v) is 12.6. The summed E-state index contributed by atoms with van der Waals surface area (Å²) < 4.78 is 0. The molecule has 0 aliphatic carbocycles. The summed E-state index contributed by atoms with van der Waals surface area (Å²) in [5.74, 6) is 0. The van der Waals surface area contributed by atoms with Crippen LogP contribution in [0.15, 0.2) is 30.3 Å². The molecule has 5 heteroatoms. The van der Waals surface area contributed by atoms with Crippen LogP contribution in [0, 0.1) is 0 Å². The second-order valence-electron chi connectivity index (χ2n) is 4.58. The standard InChI is InChI=1S/C14H20BrN3O/c15-7-4-8-16-14(19)18-11-9-17(10-12-18)13-5-2-1-3-6-13/h1-3,5-6H,4,7-12H2,(H,16,19). The van der Waals surface area contributed by atoms with Crippen LogP contribution in [-0.2, 0) is 0 Å². The number of carbonyl (C=O) groups excluding carboxylic acids is 1. The van der Waals surface area contributed by atoms with Crippen molar-refractivity contribution in [2.45, 2.75) is 6.42 Å². The van der Waals surface area contributed by atoms with Gasteiger partial charge in [-0.25, -0.2) is 4.79 Å². The lowest BCUT2D eigenvalue weighted by atomic mass is 10.2. The van der Waals surface area contributed by atoms with Gasteiger partial charge in [-0.05, 0) is 18.6 Å². The van der Waals surface area contributed by atoms with Gasteiger partial charge in [0.05, 0.1) is 0 Å². The molecular formula is C14H20BrN3O. The van der Waals surface area contributed by atoms with E-state index in [1.807, 2.05) is 11.0 Å². The molecule has 1 fully saturated rings. The average molecular weight is 326 g/mol. The van der Waals surface area contributed by atoms with E-state index < -0.39 is 0 Å². The average Bonchev–Trinajstić information content (AvgIpc) is 2.48. The Labute approximate surface area is 122 Å². The highest BCUT2D eigenvalue weighted by Crippen LogP contribution is 2.15. The van der Waals surface area contributed by atoms with Gasteiger partial charge in [-0.1, -0.05) is 34.1 Å². The predicted octanol–water partition coefficient (Wildman–Crippen LogP) is 2.30. The van der Waals surface area contributed by atoms with Crippen LogP contribution in [0.1, 0.15) is 6.42 Å². The van der Waals surface area contributed by atoms with Gasteiger partial charge in [-0.3, -0.25) is 0 Å². The molecule has 1 aliphatic rings. The number of halogens is 1. The van der Waals surface area contributed by atoms with Crippen molar-refractivity contribution >= 4 is 27.6 Å². The molecule has 0 spiro atoms. The van der Waals surface area contributed by atoms with Crippen molar-refractivity contribution in [3.05, 3.63) is 30.3 Å². The molecule has 1 N–H and O–H groups in total. The first-order valence-corrected chi connectivity index (χ1v) is 7.82. The molecule has 2 rings (SSSR count). The van der Waals surface area contributed by atoms with Crippen LogP contribution in [0.25, 0.3) is 0 Å². The molecule has 1 aliphatic heterocycles. The third-order valence-electron chi connectivity index (χ3n) is 3.27. The maximum Gasteiger partial charge on any atom is 0.317 e. The van der Waals surface area contributed by atoms with E-state index in [0.29, 0.717) is 0 Å². The summed E-state index contributed by atoms with van der Waals surface area (Å²) in [6.45, 7) is 4.11. The van der Waals surface area contributed by atoms with Crippen molar-refractivity contribution in [1.82, 2.24) is 10.2 Å². The fourth-order valence-corrected chi connectivity index (χ4v) is 2.46. The van der Waals surface area contributed by atoms with Gasteiger partial charge >= 0.3 is 6.03 Å². The lowest BCUT2D eigenvalue weighted by Crippen LogP contribution is -2.52. The van der Waals surface area contributed by atoms with Gasteiger partial charge in [0.1, 0.15) is 0 Å². The number of alkyl halides is 1. The molecule has 104 valence electrons. The molecular weight excluding hydrogens is 306 g/mol. The van der Waals surface area contributed by atoms with Crippen LogP contribution in [0.4, 0.5) is 10.5 Å². The molecule has 0 unspecified atom stereocenters. The molecule has 1 saturated heterocycles. The summed E-state index contributed by atoms with van der Waals surface area (Å²) >= 11 is 3.36. The minimum Gasteiger partial charge on any atom is -0.368 e. The van der Waals surface area contributed by atoms with Gasteiger partial charge < -0.3 is 15.1 Å². The number of rotatable bonds is 4. The van der Waals surface area contributed by atoms with E-state index in [0.717, 1.165) is 44.5 Å². The summed E-state index contributed by atoms with van der Waals surface area (Å²) in [5.41, 5.74) is 1.24. The van der Waals surface area contributed by atoms with Crippen LogP contribution in [0.5, 0.6) is 0 Å². The number of amides is 2. The molecule has 0 radical (unpaired) electrons. The third-order valence-corrected chi connectivity index (χ3v) is 3.84. The number of nitrogens with zero attached hydrogens (tertiary/aromatic N) is 2. The lowest BCUT2D eigenvalue weighted by molar-refractivity contribution is 0.194. The number of carbonyl (C=O) groups is 1. The SMILES string of the molecule is O=C(NCCCBr)N1CCN(c2ccccc2)CC1.